The number of nitrogens with zero attached hydrogens (tertiary/aromatic N) is 1. The summed E-state index contributed by atoms with van der Waals surface area (Å²) in [6.45, 7) is 2.00. The molecule has 100 valence electrons. The van der Waals surface area contributed by atoms with Crippen LogP contribution in [0.2, 0.25) is 5.02 Å². The van der Waals surface area contributed by atoms with Crippen molar-refractivity contribution in [2.45, 2.75) is 23.2 Å². The standard InChI is InChI=1S/C14H14ClFN2S/c1-9(19-14-12(15)3-2-8-18-14)13(17)10-4-6-11(16)7-5-10/h2-9,13H,17H2,1H3. The normalized spacial score (nSPS) is 14.1. The van der Waals surface area contributed by atoms with E-state index in [0.29, 0.717) is 5.02 Å². The van der Waals surface area contributed by atoms with Crippen LogP contribution in [0.5, 0.6) is 0 Å². The molecule has 0 saturated heterocycles. The Balaban J connectivity index is 2.09. The molecule has 2 rings (SSSR count). The fraction of sp³-hybridized carbons (Fsp3) is 0.214. The topological polar surface area (TPSA) is 38.9 Å². The van der Waals surface area contributed by atoms with Crippen LogP contribution in [0, 0.1) is 5.82 Å². The molecule has 5 heteroatoms. The maximum atomic E-state index is 12.9. The minimum atomic E-state index is -0.260. The van der Waals surface area contributed by atoms with Crippen LogP contribution in [0.15, 0.2) is 47.6 Å². The Labute approximate surface area is 121 Å². The van der Waals surface area contributed by atoms with Crippen molar-refractivity contribution in [3.8, 4) is 0 Å². The lowest BCUT2D eigenvalue weighted by Gasteiger charge is -2.19. The van der Waals surface area contributed by atoms with Gasteiger partial charge in [0.25, 0.3) is 0 Å². The van der Waals surface area contributed by atoms with E-state index in [0.717, 1.165) is 10.6 Å². The number of benzene rings is 1. The number of thioether (sulfide) groups is 1. The van der Waals surface area contributed by atoms with Gasteiger partial charge in [0, 0.05) is 17.5 Å². The minimum Gasteiger partial charge on any atom is -0.323 e. The number of pyridine rings is 1. The molecule has 1 aromatic carbocycles. The lowest BCUT2D eigenvalue weighted by Crippen LogP contribution is -2.21. The van der Waals surface area contributed by atoms with Gasteiger partial charge >= 0.3 is 0 Å². The van der Waals surface area contributed by atoms with Crippen LogP contribution >= 0.6 is 23.4 Å². The van der Waals surface area contributed by atoms with Crippen molar-refractivity contribution in [1.29, 1.82) is 0 Å². The van der Waals surface area contributed by atoms with E-state index < -0.39 is 0 Å². The highest BCUT2D eigenvalue weighted by Gasteiger charge is 2.18. The molecule has 1 heterocycles. The van der Waals surface area contributed by atoms with E-state index in [1.54, 1.807) is 30.5 Å². The minimum absolute atomic E-state index is 0.0814. The molecule has 0 amide bonds. The van der Waals surface area contributed by atoms with Gasteiger partial charge < -0.3 is 5.73 Å². The van der Waals surface area contributed by atoms with Gasteiger partial charge in [-0.05, 0) is 29.8 Å². The van der Waals surface area contributed by atoms with Gasteiger partial charge in [-0.3, -0.25) is 0 Å². The first-order valence-electron chi connectivity index (χ1n) is 5.86. The highest BCUT2D eigenvalue weighted by Crippen LogP contribution is 2.33. The average Bonchev–Trinajstić information content (AvgIpc) is 2.41. The maximum absolute atomic E-state index is 12.9. The van der Waals surface area contributed by atoms with Gasteiger partial charge in [0.1, 0.15) is 10.8 Å². The lowest BCUT2D eigenvalue weighted by atomic mass is 10.1. The molecular weight excluding hydrogens is 283 g/mol. The first kappa shape index (κ1) is 14.3. The van der Waals surface area contributed by atoms with E-state index in [-0.39, 0.29) is 17.1 Å². The molecule has 0 saturated carbocycles. The second-order valence-electron chi connectivity index (χ2n) is 4.19. The smallest absolute Gasteiger partial charge is 0.123 e. The van der Waals surface area contributed by atoms with E-state index in [9.17, 15) is 4.39 Å². The summed E-state index contributed by atoms with van der Waals surface area (Å²) in [7, 11) is 0. The van der Waals surface area contributed by atoms with Gasteiger partial charge in [0.15, 0.2) is 0 Å². The van der Waals surface area contributed by atoms with Gasteiger partial charge in [-0.1, -0.05) is 42.4 Å². The molecule has 19 heavy (non-hydrogen) atoms. The third-order valence-electron chi connectivity index (χ3n) is 2.78. The second-order valence-corrected chi connectivity index (χ2v) is 5.96. The summed E-state index contributed by atoms with van der Waals surface area (Å²) in [5.41, 5.74) is 7.07. The number of halogens is 2. The Morgan fingerprint density at radius 2 is 1.95 bits per heavy atom. The number of nitrogens with two attached hydrogens (primary N) is 1. The monoisotopic (exact) mass is 296 g/mol. The molecule has 2 atom stereocenters. The largest absolute Gasteiger partial charge is 0.323 e. The molecule has 0 aliphatic rings. The molecule has 2 nitrogen and oxygen atoms in total. The number of hydrogen-bond donors (Lipinski definition) is 1. The van der Waals surface area contributed by atoms with E-state index in [1.807, 2.05) is 6.92 Å². The van der Waals surface area contributed by atoms with Gasteiger partial charge in [0.2, 0.25) is 0 Å². The number of hydrogen-bond acceptors (Lipinski definition) is 3. The molecule has 2 unspecified atom stereocenters. The van der Waals surface area contributed by atoms with Crippen molar-refractivity contribution in [2.24, 2.45) is 5.73 Å². The Hall–Kier alpha value is -1.10. The Kier molecular flexibility index (Phi) is 4.80. The fourth-order valence-electron chi connectivity index (χ4n) is 1.66. The first-order valence-corrected chi connectivity index (χ1v) is 7.12. The van der Waals surface area contributed by atoms with Crippen molar-refractivity contribution in [1.82, 2.24) is 4.98 Å². The van der Waals surface area contributed by atoms with Crippen LogP contribution in [-0.4, -0.2) is 10.2 Å². The first-order chi connectivity index (χ1) is 9.08. The Morgan fingerprint density at radius 1 is 1.26 bits per heavy atom. The summed E-state index contributed by atoms with van der Waals surface area (Å²) in [6, 6.07) is 9.63. The molecular formula is C14H14ClFN2S. The third-order valence-corrected chi connectivity index (χ3v) is 4.41. The summed E-state index contributed by atoms with van der Waals surface area (Å²) in [5, 5.41) is 1.46. The van der Waals surface area contributed by atoms with E-state index >= 15 is 0 Å². The van der Waals surface area contributed by atoms with Crippen molar-refractivity contribution < 1.29 is 4.39 Å². The van der Waals surface area contributed by atoms with Crippen LogP contribution < -0.4 is 5.73 Å². The van der Waals surface area contributed by atoms with Crippen LogP contribution in [0.4, 0.5) is 4.39 Å². The number of rotatable bonds is 4. The Bertz CT molecular complexity index is 547. The maximum Gasteiger partial charge on any atom is 0.123 e. The van der Waals surface area contributed by atoms with Crippen molar-refractivity contribution in [3.63, 3.8) is 0 Å². The van der Waals surface area contributed by atoms with E-state index in [1.165, 1.54) is 23.9 Å². The average molecular weight is 297 g/mol. The third kappa shape index (κ3) is 3.69. The van der Waals surface area contributed by atoms with Crippen LogP contribution in [0.25, 0.3) is 0 Å². The molecule has 1 aromatic heterocycles. The zero-order valence-electron chi connectivity index (χ0n) is 10.4. The predicted molar refractivity (Wildman–Crippen MR) is 77.9 cm³/mol. The van der Waals surface area contributed by atoms with Crippen LogP contribution in [-0.2, 0) is 0 Å². The summed E-state index contributed by atoms with van der Waals surface area (Å²) in [4.78, 5) is 4.22. The molecule has 2 N–H and O–H groups in total. The molecule has 2 aromatic rings. The molecule has 0 aliphatic carbocycles. The lowest BCUT2D eigenvalue weighted by molar-refractivity contribution is 0.624. The highest BCUT2D eigenvalue weighted by molar-refractivity contribution is 8.00. The van der Waals surface area contributed by atoms with Crippen LogP contribution in [0.1, 0.15) is 18.5 Å². The van der Waals surface area contributed by atoms with Crippen molar-refractivity contribution in [2.75, 3.05) is 0 Å². The van der Waals surface area contributed by atoms with E-state index in [4.69, 9.17) is 17.3 Å². The van der Waals surface area contributed by atoms with Crippen molar-refractivity contribution >= 4 is 23.4 Å². The van der Waals surface area contributed by atoms with Gasteiger partial charge in [-0.2, -0.15) is 0 Å². The summed E-state index contributed by atoms with van der Waals surface area (Å²) >= 11 is 7.58. The van der Waals surface area contributed by atoms with E-state index in [2.05, 4.69) is 4.98 Å². The summed E-state index contributed by atoms with van der Waals surface area (Å²) in [5.74, 6) is -0.260. The zero-order valence-corrected chi connectivity index (χ0v) is 12.0. The van der Waals surface area contributed by atoms with Crippen LogP contribution in [0.3, 0.4) is 0 Å². The van der Waals surface area contributed by atoms with Gasteiger partial charge in [-0.15, -0.1) is 0 Å². The van der Waals surface area contributed by atoms with Gasteiger partial charge in [-0.25, -0.2) is 9.37 Å². The van der Waals surface area contributed by atoms with Crippen molar-refractivity contribution in [3.05, 3.63) is 59.0 Å². The van der Waals surface area contributed by atoms with Gasteiger partial charge in [0.05, 0.1) is 5.02 Å². The SMILES string of the molecule is CC(Sc1ncccc1Cl)C(N)c1ccc(F)cc1. The molecule has 0 radical (unpaired) electrons. The summed E-state index contributed by atoms with van der Waals surface area (Å²) in [6.07, 6.45) is 1.70. The quantitative estimate of drug-likeness (QED) is 0.865. The summed E-state index contributed by atoms with van der Waals surface area (Å²) < 4.78 is 12.9. The zero-order chi connectivity index (χ0) is 13.8. The fourth-order valence-corrected chi connectivity index (χ4v) is 2.88. The molecule has 0 aliphatic heterocycles. The molecule has 0 bridgehead atoms. The molecule has 0 fully saturated rings. The molecule has 0 spiro atoms. The highest BCUT2D eigenvalue weighted by atomic mass is 35.5. The number of aromatic nitrogens is 1. The predicted octanol–water partition coefficient (Wildman–Crippen LogP) is 4.05. The second kappa shape index (κ2) is 6.37. The Morgan fingerprint density at radius 3 is 2.58 bits per heavy atom.